The van der Waals surface area contributed by atoms with Gasteiger partial charge in [0.2, 0.25) is 0 Å². The van der Waals surface area contributed by atoms with E-state index in [0.29, 0.717) is 6.04 Å². The van der Waals surface area contributed by atoms with Crippen molar-refractivity contribution in [1.29, 1.82) is 0 Å². The van der Waals surface area contributed by atoms with E-state index in [9.17, 15) is 0 Å². The Balaban J connectivity index is 2.05. The summed E-state index contributed by atoms with van der Waals surface area (Å²) in [5.74, 6) is 3.69. The molecule has 2 N–H and O–H groups in total. The van der Waals surface area contributed by atoms with E-state index in [-0.39, 0.29) is 0 Å². The predicted octanol–water partition coefficient (Wildman–Crippen LogP) is 3.07. The molecule has 0 saturated heterocycles. The first-order valence-corrected chi connectivity index (χ1v) is 7.07. The van der Waals surface area contributed by atoms with Crippen LogP contribution in [0.5, 0.6) is 0 Å². The third kappa shape index (κ3) is 3.59. The Morgan fingerprint density at radius 2 is 2.00 bits per heavy atom. The maximum Gasteiger partial charge on any atom is 0.132 e. The van der Waals surface area contributed by atoms with Crippen LogP contribution in [0.2, 0.25) is 0 Å². The molecule has 1 saturated carbocycles. The zero-order chi connectivity index (χ0) is 13.0. The zero-order valence-corrected chi connectivity index (χ0v) is 11.7. The maximum absolute atomic E-state index is 4.55. The molecule has 4 nitrogen and oxygen atoms in total. The second-order valence-corrected chi connectivity index (χ2v) is 5.09. The average molecular weight is 248 g/mol. The standard InChI is InChI=1S/C14H24N4/c1-4-11(8-10-6-7-10)16-14-9-13(15-3)17-12(5-2)18-14/h9-11H,4-8H2,1-3H3,(H2,15,16,17,18). The second kappa shape index (κ2) is 6.03. The lowest BCUT2D eigenvalue weighted by atomic mass is 10.1. The van der Waals surface area contributed by atoms with Crippen LogP contribution < -0.4 is 10.6 Å². The minimum Gasteiger partial charge on any atom is -0.373 e. The van der Waals surface area contributed by atoms with Gasteiger partial charge in [-0.25, -0.2) is 9.97 Å². The molecule has 0 aliphatic heterocycles. The molecule has 1 fully saturated rings. The summed E-state index contributed by atoms with van der Waals surface area (Å²) in [6.07, 6.45) is 6.10. The van der Waals surface area contributed by atoms with E-state index in [1.54, 1.807) is 0 Å². The highest BCUT2D eigenvalue weighted by Crippen LogP contribution is 2.34. The molecule has 4 heteroatoms. The van der Waals surface area contributed by atoms with Crippen molar-refractivity contribution >= 4 is 11.6 Å². The van der Waals surface area contributed by atoms with Crippen molar-refractivity contribution in [2.45, 2.75) is 52.0 Å². The molecular formula is C14H24N4. The van der Waals surface area contributed by atoms with Gasteiger partial charge in [0, 0.05) is 25.6 Å². The van der Waals surface area contributed by atoms with Gasteiger partial charge in [-0.3, -0.25) is 0 Å². The molecule has 1 unspecified atom stereocenters. The van der Waals surface area contributed by atoms with E-state index in [0.717, 1.165) is 36.2 Å². The highest BCUT2D eigenvalue weighted by molar-refractivity contribution is 5.47. The summed E-state index contributed by atoms with van der Waals surface area (Å²) in [5, 5.41) is 6.65. The molecule has 100 valence electrons. The number of hydrogen-bond acceptors (Lipinski definition) is 4. The van der Waals surface area contributed by atoms with Crippen LogP contribution in [0.25, 0.3) is 0 Å². The topological polar surface area (TPSA) is 49.8 Å². The van der Waals surface area contributed by atoms with Crippen LogP contribution in [-0.2, 0) is 6.42 Å². The van der Waals surface area contributed by atoms with Crippen LogP contribution in [-0.4, -0.2) is 23.1 Å². The Labute approximate surface area is 110 Å². The van der Waals surface area contributed by atoms with E-state index in [4.69, 9.17) is 0 Å². The molecule has 1 heterocycles. The second-order valence-electron chi connectivity index (χ2n) is 5.09. The summed E-state index contributed by atoms with van der Waals surface area (Å²) < 4.78 is 0. The molecule has 1 atom stereocenters. The maximum atomic E-state index is 4.55. The van der Waals surface area contributed by atoms with Gasteiger partial charge >= 0.3 is 0 Å². The number of aryl methyl sites for hydroxylation is 1. The van der Waals surface area contributed by atoms with E-state index in [1.807, 2.05) is 13.1 Å². The SMILES string of the molecule is CCc1nc(NC)cc(NC(CC)CC2CC2)n1. The van der Waals surface area contributed by atoms with Crippen LogP contribution in [0.3, 0.4) is 0 Å². The molecule has 1 aliphatic carbocycles. The van der Waals surface area contributed by atoms with E-state index >= 15 is 0 Å². The van der Waals surface area contributed by atoms with Crippen LogP contribution in [0.4, 0.5) is 11.6 Å². The number of rotatable bonds is 7. The molecule has 0 spiro atoms. The van der Waals surface area contributed by atoms with Crippen molar-refractivity contribution in [3.05, 3.63) is 11.9 Å². The molecule has 1 aromatic rings. The minimum absolute atomic E-state index is 0.543. The quantitative estimate of drug-likeness (QED) is 0.778. The monoisotopic (exact) mass is 248 g/mol. The number of nitrogens with one attached hydrogen (secondary N) is 2. The number of hydrogen-bond donors (Lipinski definition) is 2. The van der Waals surface area contributed by atoms with Crippen LogP contribution in [0, 0.1) is 5.92 Å². The fourth-order valence-corrected chi connectivity index (χ4v) is 2.15. The molecule has 0 bridgehead atoms. The number of anilines is 2. The molecule has 0 aromatic carbocycles. The van der Waals surface area contributed by atoms with Gasteiger partial charge in [0.25, 0.3) is 0 Å². The van der Waals surface area contributed by atoms with Gasteiger partial charge in [-0.15, -0.1) is 0 Å². The lowest BCUT2D eigenvalue weighted by molar-refractivity contribution is 0.584. The Morgan fingerprint density at radius 1 is 1.28 bits per heavy atom. The normalized spacial score (nSPS) is 16.4. The highest BCUT2D eigenvalue weighted by Gasteiger charge is 2.24. The molecule has 2 rings (SSSR count). The first-order chi connectivity index (χ1) is 8.75. The van der Waals surface area contributed by atoms with Gasteiger partial charge in [-0.1, -0.05) is 26.7 Å². The number of nitrogens with zero attached hydrogens (tertiary/aromatic N) is 2. The first kappa shape index (κ1) is 13.1. The number of aromatic nitrogens is 2. The van der Waals surface area contributed by atoms with Crippen LogP contribution >= 0.6 is 0 Å². The van der Waals surface area contributed by atoms with E-state index < -0.39 is 0 Å². The summed E-state index contributed by atoms with van der Waals surface area (Å²) in [6, 6.07) is 2.54. The Kier molecular flexibility index (Phi) is 4.39. The molecular weight excluding hydrogens is 224 g/mol. The van der Waals surface area contributed by atoms with Gasteiger partial charge in [0.1, 0.15) is 17.5 Å². The highest BCUT2D eigenvalue weighted by atomic mass is 15.1. The summed E-state index contributed by atoms with van der Waals surface area (Å²) in [7, 11) is 1.90. The van der Waals surface area contributed by atoms with Crippen molar-refractivity contribution in [3.8, 4) is 0 Å². The molecule has 1 aliphatic rings. The summed E-state index contributed by atoms with van der Waals surface area (Å²) in [5.41, 5.74) is 0. The van der Waals surface area contributed by atoms with Crippen LogP contribution in [0.15, 0.2) is 6.07 Å². The Morgan fingerprint density at radius 3 is 2.56 bits per heavy atom. The summed E-state index contributed by atoms with van der Waals surface area (Å²) in [4.78, 5) is 8.97. The molecule has 18 heavy (non-hydrogen) atoms. The fourth-order valence-electron chi connectivity index (χ4n) is 2.15. The summed E-state index contributed by atoms with van der Waals surface area (Å²) >= 11 is 0. The largest absolute Gasteiger partial charge is 0.373 e. The lowest BCUT2D eigenvalue weighted by Crippen LogP contribution is -2.20. The third-order valence-corrected chi connectivity index (χ3v) is 3.50. The minimum atomic E-state index is 0.543. The van der Waals surface area contributed by atoms with Gasteiger partial charge in [0.15, 0.2) is 0 Å². The van der Waals surface area contributed by atoms with Gasteiger partial charge in [0.05, 0.1) is 0 Å². The van der Waals surface area contributed by atoms with Crippen molar-refractivity contribution in [2.24, 2.45) is 5.92 Å². The van der Waals surface area contributed by atoms with Gasteiger partial charge in [-0.05, 0) is 18.8 Å². The zero-order valence-electron chi connectivity index (χ0n) is 11.7. The molecule has 0 radical (unpaired) electrons. The third-order valence-electron chi connectivity index (χ3n) is 3.50. The Bertz CT molecular complexity index is 365. The van der Waals surface area contributed by atoms with E-state index in [2.05, 4.69) is 34.4 Å². The van der Waals surface area contributed by atoms with E-state index in [1.165, 1.54) is 19.3 Å². The molecule has 1 aromatic heterocycles. The first-order valence-electron chi connectivity index (χ1n) is 7.07. The van der Waals surface area contributed by atoms with Crippen molar-refractivity contribution in [3.63, 3.8) is 0 Å². The Hall–Kier alpha value is -1.32. The smallest absolute Gasteiger partial charge is 0.132 e. The molecule has 0 amide bonds. The lowest BCUT2D eigenvalue weighted by Gasteiger charge is -2.18. The average Bonchev–Trinajstić information content (AvgIpc) is 3.21. The van der Waals surface area contributed by atoms with Crippen molar-refractivity contribution < 1.29 is 0 Å². The van der Waals surface area contributed by atoms with Gasteiger partial charge in [-0.2, -0.15) is 0 Å². The van der Waals surface area contributed by atoms with Crippen LogP contribution in [0.1, 0.15) is 45.4 Å². The summed E-state index contributed by atoms with van der Waals surface area (Å²) in [6.45, 7) is 4.32. The predicted molar refractivity (Wildman–Crippen MR) is 76.0 cm³/mol. The van der Waals surface area contributed by atoms with Crippen molar-refractivity contribution in [2.75, 3.05) is 17.7 Å². The van der Waals surface area contributed by atoms with Gasteiger partial charge < -0.3 is 10.6 Å². The fraction of sp³-hybridized carbons (Fsp3) is 0.714. The van der Waals surface area contributed by atoms with Crippen molar-refractivity contribution in [1.82, 2.24) is 9.97 Å².